The molecule has 170 valence electrons. The first-order valence-electron chi connectivity index (χ1n) is 8.81. The molecule has 0 aliphatic carbocycles. The number of carbonyl (C=O) groups is 4. The first-order valence-corrected chi connectivity index (χ1v) is 8.81. The molecule has 31 heavy (non-hydrogen) atoms. The van der Waals surface area contributed by atoms with Crippen molar-refractivity contribution in [2.45, 2.75) is 72.6 Å². The van der Waals surface area contributed by atoms with Gasteiger partial charge in [-0.15, -0.1) is 0 Å². The van der Waals surface area contributed by atoms with Crippen LogP contribution in [-0.4, -0.2) is 37.1 Å². The van der Waals surface area contributed by atoms with E-state index < -0.39 is 24.5 Å². The number of rotatable bonds is 15. The molecule has 0 aliphatic rings. The number of carboxylic acids is 2. The van der Waals surface area contributed by atoms with Gasteiger partial charge in [0.15, 0.2) is 0 Å². The Morgan fingerprint density at radius 2 is 1.03 bits per heavy atom. The average molecular weight is 462 g/mol. The number of esters is 2. The molecule has 0 unspecified atom stereocenters. The van der Waals surface area contributed by atoms with Crippen molar-refractivity contribution in [2.24, 2.45) is 0 Å². The zero-order valence-corrected chi connectivity index (χ0v) is 21.6. The van der Waals surface area contributed by atoms with Gasteiger partial charge in [0.25, 0.3) is 0 Å². The summed E-state index contributed by atoms with van der Waals surface area (Å²) >= 11 is 0. The molecule has 0 radical (unpaired) electrons. The van der Waals surface area contributed by atoms with Crippen LogP contribution in [0.4, 0.5) is 0 Å². The quantitative estimate of drug-likeness (QED) is 0.103. The number of ether oxygens (including phenoxy) is 2. The largest absolute Gasteiger partial charge is 1.00 e. The molecule has 0 aromatic heterocycles. The molecule has 0 aliphatic heterocycles. The van der Waals surface area contributed by atoms with Gasteiger partial charge in [-0.3, -0.25) is 0 Å². The molecule has 0 saturated carbocycles. The van der Waals surface area contributed by atoms with Crippen molar-refractivity contribution >= 4 is 23.9 Å². The molecule has 0 spiro atoms. The van der Waals surface area contributed by atoms with E-state index in [4.69, 9.17) is 4.74 Å². The Kier molecular flexibility index (Phi) is 48.3. The summed E-state index contributed by atoms with van der Waals surface area (Å²) in [6, 6.07) is 0. The van der Waals surface area contributed by atoms with Gasteiger partial charge in [0.2, 0.25) is 0 Å². The number of hydrogen-bond acceptors (Lipinski definition) is 8. The Hall–Kier alpha value is -0.640. The Bertz CT molecular complexity index is 482. The Morgan fingerprint density at radius 1 is 0.645 bits per heavy atom. The number of carbonyl (C=O) groups excluding carboxylic acids is 4. The summed E-state index contributed by atoms with van der Waals surface area (Å²) in [4.78, 5) is 40.5. The van der Waals surface area contributed by atoms with Crippen molar-refractivity contribution in [1.82, 2.24) is 0 Å². The second-order valence-corrected chi connectivity index (χ2v) is 5.51. The van der Waals surface area contributed by atoms with Crippen LogP contribution in [0.25, 0.3) is 0 Å². The van der Waals surface area contributed by atoms with Gasteiger partial charge in [-0.2, -0.15) is 0 Å². The molecule has 0 rings (SSSR count). The van der Waals surface area contributed by atoms with Crippen LogP contribution in [-0.2, 0) is 28.7 Å². The fraction of sp³-hybridized carbons (Fsp3) is 0.619. The molecule has 8 nitrogen and oxygen atoms in total. The fourth-order valence-electron chi connectivity index (χ4n) is 1.85. The third-order valence-corrected chi connectivity index (χ3v) is 3.19. The van der Waals surface area contributed by atoms with E-state index in [-0.39, 0.29) is 86.4 Å². The molecule has 0 bridgehead atoms. The number of hydrogen-bond donors (Lipinski definition) is 0. The average Bonchev–Trinajstić information content (AvgIpc) is 2.64. The summed E-state index contributed by atoms with van der Waals surface area (Å²) in [5, 5.41) is 19.7. The maximum atomic E-state index is 10.7. The normalized spacial score (nSPS) is 8.13. The van der Waals surface area contributed by atoms with E-state index in [2.05, 4.69) is 17.9 Å². The predicted molar refractivity (Wildman–Crippen MR) is 107 cm³/mol. The van der Waals surface area contributed by atoms with Gasteiger partial charge in [0.1, 0.15) is 6.61 Å². The van der Waals surface area contributed by atoms with Crippen molar-refractivity contribution in [1.29, 1.82) is 0 Å². The molecule has 0 amide bonds. The second-order valence-electron chi connectivity index (χ2n) is 5.51. The molecule has 0 saturated heterocycles. The topological polar surface area (TPSA) is 133 Å². The summed E-state index contributed by atoms with van der Waals surface area (Å²) < 4.78 is 8.89. The van der Waals surface area contributed by atoms with E-state index in [0.717, 1.165) is 57.4 Å². The monoisotopic (exact) mass is 462 g/mol. The fourth-order valence-corrected chi connectivity index (χ4v) is 1.85. The Balaban J connectivity index is -0.000000104. The number of unbranched alkanes of at least 4 members (excludes halogenated alkanes) is 7. The molecule has 10 heteroatoms. The Morgan fingerprint density at radius 3 is 1.42 bits per heavy atom. The van der Waals surface area contributed by atoms with Crippen LogP contribution in [0.1, 0.15) is 72.6 Å². The smallest absolute Gasteiger partial charge is 0.550 e. The zero-order chi connectivity index (χ0) is 20.9. The van der Waals surface area contributed by atoms with Gasteiger partial charge in [0, 0.05) is 18.1 Å². The van der Waals surface area contributed by atoms with E-state index in [1.165, 1.54) is 6.08 Å². The molecule has 0 fully saturated rings. The van der Waals surface area contributed by atoms with Crippen molar-refractivity contribution in [3.8, 4) is 0 Å². The molecular weight excluding hydrogens is 426 g/mol. The molecule has 0 heterocycles. The van der Waals surface area contributed by atoms with Crippen LogP contribution in [0.3, 0.4) is 0 Å². The van der Waals surface area contributed by atoms with Gasteiger partial charge in [-0.1, -0.05) is 66.5 Å². The van der Waals surface area contributed by atoms with Crippen LogP contribution < -0.4 is 69.3 Å². The van der Waals surface area contributed by atoms with Crippen LogP contribution in [0.15, 0.2) is 25.3 Å². The third-order valence-electron chi connectivity index (χ3n) is 3.19. The van der Waals surface area contributed by atoms with Crippen LogP contribution in [0.5, 0.6) is 0 Å². The van der Waals surface area contributed by atoms with Crippen molar-refractivity contribution in [3.05, 3.63) is 25.3 Å². The van der Waals surface area contributed by atoms with E-state index >= 15 is 0 Å². The van der Waals surface area contributed by atoms with Crippen LogP contribution >= 0.6 is 0 Å². The minimum absolute atomic E-state index is 0. The number of carboxylic acid groups (broad SMARTS) is 2. The van der Waals surface area contributed by atoms with Gasteiger partial charge < -0.3 is 29.3 Å². The molecule has 0 aromatic carbocycles. The summed E-state index contributed by atoms with van der Waals surface area (Å²) in [5.74, 6) is -3.50. The van der Waals surface area contributed by atoms with E-state index in [0.29, 0.717) is 6.61 Å². The third kappa shape index (κ3) is 44.0. The van der Waals surface area contributed by atoms with E-state index in [1.54, 1.807) is 0 Å². The predicted octanol–water partition coefficient (Wildman–Crippen LogP) is -4.28. The first kappa shape index (κ1) is 44.1. The van der Waals surface area contributed by atoms with Crippen LogP contribution in [0, 0.1) is 0 Å². The summed E-state index contributed by atoms with van der Waals surface area (Å²) in [5.41, 5.74) is 0. The summed E-state index contributed by atoms with van der Waals surface area (Å²) in [6.45, 7) is 6.12. The van der Waals surface area contributed by atoms with E-state index in [9.17, 15) is 29.4 Å². The van der Waals surface area contributed by atoms with Gasteiger partial charge in [-0.25, -0.2) is 9.59 Å². The first-order chi connectivity index (χ1) is 12.8. The minimum Gasteiger partial charge on any atom is -0.550 e. The number of aliphatic carboxylic acids is 2. The second kappa shape index (κ2) is 34.0. The molecular formula is C21H36Na2O8. The molecule has 0 N–H and O–H groups in total. The molecule has 0 aromatic rings. The SMILES string of the molecule is C.C.C=CC(=O)OCC(=O)[O-].C=CC(=O)OCCCCCCCCCCC(=O)[O-].[Na+].[Na+]. The standard InChI is InChI=1S/C14H24O4.C5H6O4.2CH4.2Na/c1-2-14(17)18-12-10-8-6-4-3-5-7-9-11-13(15)16;1-2-5(8)9-3-4(6)7;;;;/h2H,1,3-12H2,(H,15,16);2H,1,3H2,(H,6,7);2*1H4;;/q;;;;2*+1/p-2. The molecule has 0 atom stereocenters. The van der Waals surface area contributed by atoms with Crippen molar-refractivity contribution < 1.29 is 98.0 Å². The van der Waals surface area contributed by atoms with Gasteiger partial charge >= 0.3 is 71.1 Å². The summed E-state index contributed by atoms with van der Waals surface area (Å²) in [7, 11) is 0. The van der Waals surface area contributed by atoms with Crippen LogP contribution in [0.2, 0.25) is 0 Å². The van der Waals surface area contributed by atoms with E-state index in [1.807, 2.05) is 0 Å². The minimum atomic E-state index is -1.43. The Labute approximate surface area is 231 Å². The van der Waals surface area contributed by atoms with Crippen molar-refractivity contribution in [2.75, 3.05) is 13.2 Å². The van der Waals surface area contributed by atoms with Crippen molar-refractivity contribution in [3.63, 3.8) is 0 Å². The maximum Gasteiger partial charge on any atom is 1.00 e. The zero-order valence-electron chi connectivity index (χ0n) is 17.6. The maximum absolute atomic E-state index is 10.7. The summed E-state index contributed by atoms with van der Waals surface area (Å²) in [6.07, 6.45) is 10.4. The van der Waals surface area contributed by atoms with Gasteiger partial charge in [-0.05, 0) is 19.3 Å². The van der Waals surface area contributed by atoms with Gasteiger partial charge in [0.05, 0.1) is 12.6 Å².